The van der Waals surface area contributed by atoms with Gasteiger partial charge in [0, 0.05) is 118 Å². The number of β-lactam (4-membered cyclic amide) rings is 1. The Morgan fingerprint density at radius 3 is 2.13 bits per heavy atom. The first-order valence-electron chi connectivity index (χ1n) is 23.0. The van der Waals surface area contributed by atoms with Crippen molar-refractivity contribution in [1.82, 2.24) is 25.0 Å². The smallest absolute Gasteiger partial charge is 0.255 e. The lowest BCUT2D eigenvalue weighted by molar-refractivity contribution is -0.138. The molecule has 63 heavy (non-hydrogen) atoms. The summed E-state index contributed by atoms with van der Waals surface area (Å²) in [7, 11) is 1.63. The molecule has 332 valence electrons. The van der Waals surface area contributed by atoms with E-state index in [1.807, 2.05) is 62.5 Å². The topological polar surface area (TPSA) is 125 Å². The van der Waals surface area contributed by atoms with E-state index in [1.165, 1.54) is 0 Å². The summed E-state index contributed by atoms with van der Waals surface area (Å²) >= 11 is 0. The number of fused-ring (bicyclic) bond motifs is 2. The normalized spacial score (nSPS) is 24.0. The van der Waals surface area contributed by atoms with Crippen LogP contribution in [-0.4, -0.2) is 122 Å². The van der Waals surface area contributed by atoms with Gasteiger partial charge in [0.1, 0.15) is 17.6 Å². The Bertz CT molecular complexity index is 2430. The molecule has 10 rings (SSSR count). The number of amides is 4. The number of carbonyl (C=O) groups is 4. The minimum absolute atomic E-state index is 0.00566. The molecule has 6 aliphatic rings. The average Bonchev–Trinajstić information content (AvgIpc) is 3.91. The van der Waals surface area contributed by atoms with Crippen LogP contribution < -0.4 is 24.8 Å². The predicted octanol–water partition coefficient (Wildman–Crippen LogP) is 5.94. The molecule has 0 radical (unpaired) electrons. The Morgan fingerprint density at radius 2 is 1.46 bits per heavy atom. The van der Waals surface area contributed by atoms with E-state index in [0.29, 0.717) is 47.4 Å². The van der Waals surface area contributed by atoms with Crippen LogP contribution in [0.25, 0.3) is 10.9 Å². The van der Waals surface area contributed by atoms with Gasteiger partial charge in [0.05, 0.1) is 29.9 Å². The second-order valence-electron chi connectivity index (χ2n) is 19.3. The van der Waals surface area contributed by atoms with Crippen LogP contribution in [0.15, 0.2) is 60.8 Å². The quantitative estimate of drug-likeness (QED) is 0.147. The molecule has 0 saturated carbocycles. The Labute approximate surface area is 368 Å². The van der Waals surface area contributed by atoms with Gasteiger partial charge in [-0.2, -0.15) is 0 Å². The van der Waals surface area contributed by atoms with Gasteiger partial charge in [0.2, 0.25) is 17.7 Å². The summed E-state index contributed by atoms with van der Waals surface area (Å²) in [6.07, 6.45) is 6.79. The van der Waals surface area contributed by atoms with Crippen molar-refractivity contribution in [3.63, 3.8) is 0 Å². The van der Waals surface area contributed by atoms with Gasteiger partial charge < -0.3 is 39.1 Å². The Morgan fingerprint density at radius 1 is 0.778 bits per heavy atom. The first-order chi connectivity index (χ1) is 30.5. The highest BCUT2D eigenvalue weighted by Gasteiger charge is 2.57. The van der Waals surface area contributed by atoms with Crippen molar-refractivity contribution >= 4 is 51.6 Å². The Kier molecular flexibility index (Phi) is 10.9. The summed E-state index contributed by atoms with van der Waals surface area (Å²) in [6.45, 7) is 14.3. The number of H-pyrrole nitrogens is 1. The molecule has 0 spiro atoms. The van der Waals surface area contributed by atoms with E-state index < -0.39 is 11.5 Å². The second-order valence-corrected chi connectivity index (χ2v) is 19.3. The summed E-state index contributed by atoms with van der Waals surface area (Å²) in [6, 6.07) is 16.4. The van der Waals surface area contributed by atoms with Crippen LogP contribution in [0.4, 0.5) is 21.5 Å². The van der Waals surface area contributed by atoms with Crippen molar-refractivity contribution in [2.75, 3.05) is 87.3 Å². The first-order valence-corrected chi connectivity index (χ1v) is 23.0. The van der Waals surface area contributed by atoms with Crippen LogP contribution in [0.5, 0.6) is 5.75 Å². The molecule has 14 heteroatoms. The van der Waals surface area contributed by atoms with Gasteiger partial charge in [-0.3, -0.25) is 24.5 Å². The highest BCUT2D eigenvalue weighted by Crippen LogP contribution is 2.55. The summed E-state index contributed by atoms with van der Waals surface area (Å²) < 4.78 is 22.2. The number of nitrogens with zero attached hydrogens (tertiary/aromatic N) is 6. The number of ether oxygens (including phenoxy) is 1. The van der Waals surface area contributed by atoms with Gasteiger partial charge in [-0.15, -0.1) is 0 Å². The van der Waals surface area contributed by atoms with Gasteiger partial charge in [-0.05, 0) is 106 Å². The lowest BCUT2D eigenvalue weighted by Gasteiger charge is -2.53. The number of rotatable bonds is 10. The molecule has 4 amide bonds. The van der Waals surface area contributed by atoms with E-state index >= 15 is 4.39 Å². The molecule has 1 aromatic heterocycles. The van der Waals surface area contributed by atoms with E-state index in [-0.39, 0.29) is 41.9 Å². The summed E-state index contributed by atoms with van der Waals surface area (Å²) in [4.78, 5) is 67.4. The van der Waals surface area contributed by atoms with Gasteiger partial charge in [-0.1, -0.05) is 6.07 Å². The van der Waals surface area contributed by atoms with Crippen molar-refractivity contribution in [3.8, 4) is 5.75 Å². The zero-order chi connectivity index (χ0) is 43.6. The van der Waals surface area contributed by atoms with Gasteiger partial charge in [0.25, 0.3) is 5.91 Å². The molecule has 7 heterocycles. The van der Waals surface area contributed by atoms with Gasteiger partial charge in [0.15, 0.2) is 0 Å². The average molecular weight is 859 g/mol. The van der Waals surface area contributed by atoms with E-state index in [1.54, 1.807) is 23.0 Å². The van der Waals surface area contributed by atoms with E-state index in [0.717, 1.165) is 119 Å². The molecule has 2 atom stereocenters. The zero-order valence-electron chi connectivity index (χ0n) is 36.7. The maximum atomic E-state index is 16.2. The molecule has 3 aromatic carbocycles. The lowest BCUT2D eigenvalue weighted by atomic mass is 9.70. The molecule has 13 nitrogen and oxygen atoms in total. The first kappa shape index (κ1) is 41.5. The fourth-order valence-electron chi connectivity index (χ4n) is 11.4. The number of nitrogens with one attached hydrogen (secondary N) is 2. The van der Waals surface area contributed by atoms with Crippen molar-refractivity contribution in [2.45, 2.75) is 71.0 Å². The number of anilines is 3. The number of hydrogen-bond donors (Lipinski definition) is 2. The number of piperazine rings is 1. The molecule has 2 N–H and O–H groups in total. The fraction of sp³-hybridized carbons (Fsp3) is 0.510. The van der Waals surface area contributed by atoms with Crippen molar-refractivity contribution in [3.05, 3.63) is 83.3 Å². The number of benzene rings is 3. The molecular weight excluding hydrogens is 800 g/mol. The molecule has 5 fully saturated rings. The van der Waals surface area contributed by atoms with Crippen LogP contribution in [0.3, 0.4) is 0 Å². The maximum absolute atomic E-state index is 16.2. The summed E-state index contributed by atoms with van der Waals surface area (Å²) in [5.41, 5.74) is 5.05. The fourth-order valence-corrected chi connectivity index (χ4v) is 11.4. The standard InChI is InChI=1S/C49H59FN8O5/c1-49(2)45(58(48(49)62)40-6-4-5-39-36(40)11-16-51-39)37-26-38(50)42(27-43(37)63-3)56-19-14-32(15-20-56)29-54-23-21-53(22-24-54)28-31-12-17-55(18-13-31)34-7-8-35-33(25-34)30-57(47(35)61)41-9-10-44(59)52-46(41)60/h4-8,11,16,25-27,31-32,41,45,51H,9-10,12-15,17-24,28-30H2,1-3H3,(H,52,59,60)/t41-,45-/m0/s1. The number of carbonyl (C=O) groups excluding carboxylic acids is 4. The highest BCUT2D eigenvalue weighted by molar-refractivity contribution is 6.11. The monoisotopic (exact) mass is 858 g/mol. The van der Waals surface area contributed by atoms with Gasteiger partial charge in [-0.25, -0.2) is 4.39 Å². The largest absolute Gasteiger partial charge is 0.496 e. The molecule has 4 aromatic rings. The number of imide groups is 1. The molecule has 0 bridgehead atoms. The third-order valence-corrected chi connectivity index (χ3v) is 15.1. The van der Waals surface area contributed by atoms with Crippen LogP contribution in [0, 0.1) is 23.1 Å². The van der Waals surface area contributed by atoms with Crippen molar-refractivity contribution in [1.29, 1.82) is 0 Å². The molecular formula is C49H59FN8O5. The predicted molar refractivity (Wildman–Crippen MR) is 240 cm³/mol. The summed E-state index contributed by atoms with van der Waals surface area (Å²) in [5.74, 6) is 0.786. The van der Waals surface area contributed by atoms with Crippen LogP contribution in [0.1, 0.15) is 79.9 Å². The van der Waals surface area contributed by atoms with E-state index in [9.17, 15) is 19.2 Å². The number of hydrogen-bond acceptors (Lipinski definition) is 9. The molecule has 0 aliphatic carbocycles. The van der Waals surface area contributed by atoms with Gasteiger partial charge >= 0.3 is 0 Å². The number of halogens is 1. The summed E-state index contributed by atoms with van der Waals surface area (Å²) in [5, 5.41) is 3.34. The number of piperidine rings is 3. The highest BCUT2D eigenvalue weighted by atomic mass is 19.1. The maximum Gasteiger partial charge on any atom is 0.255 e. The molecule has 6 aliphatic heterocycles. The number of methoxy groups -OCH3 is 1. The van der Waals surface area contributed by atoms with Crippen LogP contribution in [0.2, 0.25) is 0 Å². The van der Waals surface area contributed by atoms with Crippen molar-refractivity contribution in [2.24, 2.45) is 17.3 Å². The third kappa shape index (κ3) is 7.62. The second kappa shape index (κ2) is 16.6. The minimum atomic E-state index is -0.717. The number of aromatic nitrogens is 1. The van der Waals surface area contributed by atoms with E-state index in [2.05, 4.69) is 36.0 Å². The third-order valence-electron chi connectivity index (χ3n) is 15.1. The van der Waals surface area contributed by atoms with Crippen LogP contribution >= 0.6 is 0 Å². The Hall–Kier alpha value is -5.47. The minimum Gasteiger partial charge on any atom is -0.496 e. The SMILES string of the molecule is COc1cc(N2CCC(CN3CCN(CC4CCN(c5ccc6c(c5)CN([C@H]5CCC(=O)NC5=O)C6=O)CC4)CC3)CC2)c(F)cc1[C@@H]1N(c2cccc3[nH]ccc23)C(=O)C1(C)C. The number of aromatic amines is 1. The van der Waals surface area contributed by atoms with Crippen LogP contribution in [-0.2, 0) is 20.9 Å². The van der Waals surface area contributed by atoms with Crippen molar-refractivity contribution < 1.29 is 28.3 Å². The molecule has 0 unspecified atom stereocenters. The lowest BCUT2D eigenvalue weighted by Crippen LogP contribution is -2.61. The Balaban J connectivity index is 0.683. The zero-order valence-corrected chi connectivity index (χ0v) is 36.7. The van der Waals surface area contributed by atoms with E-state index in [4.69, 9.17) is 4.74 Å². The molecule has 5 saturated heterocycles.